The number of fused-ring (bicyclic) bond motifs is 2. The van der Waals surface area contributed by atoms with Gasteiger partial charge in [0.2, 0.25) is 5.91 Å². The van der Waals surface area contributed by atoms with Gasteiger partial charge in [0.25, 0.3) is 0 Å². The van der Waals surface area contributed by atoms with Gasteiger partial charge in [0.1, 0.15) is 12.4 Å². The molecule has 3 rings (SSSR count). The number of rotatable bonds is 5. The molecule has 0 radical (unpaired) electrons. The van der Waals surface area contributed by atoms with Gasteiger partial charge in [0.05, 0.1) is 6.54 Å². The van der Waals surface area contributed by atoms with E-state index in [4.69, 9.17) is 10.5 Å². The molecule has 7 heteroatoms. The third kappa shape index (κ3) is 4.82. The van der Waals surface area contributed by atoms with Crippen LogP contribution in [0.2, 0.25) is 0 Å². The zero-order chi connectivity index (χ0) is 17.1. The summed E-state index contributed by atoms with van der Waals surface area (Å²) in [7, 11) is 0. The number of carbonyl (C=O) groups excluding carboxylic acids is 1. The number of hydrogen-bond donors (Lipinski definition) is 2. The molecule has 0 aromatic heterocycles. The van der Waals surface area contributed by atoms with E-state index in [1.807, 2.05) is 0 Å². The van der Waals surface area contributed by atoms with Crippen LogP contribution in [0.1, 0.15) is 32.1 Å². The van der Waals surface area contributed by atoms with E-state index in [0.29, 0.717) is 18.4 Å². The first kappa shape index (κ1) is 19.9. The van der Waals surface area contributed by atoms with Crippen molar-refractivity contribution in [1.82, 2.24) is 5.32 Å². The summed E-state index contributed by atoms with van der Waals surface area (Å²) in [6, 6.07) is 3.64. The van der Waals surface area contributed by atoms with Crippen molar-refractivity contribution in [2.45, 2.75) is 38.1 Å². The highest BCUT2D eigenvalue weighted by atomic mass is 35.5. The number of benzene rings is 1. The summed E-state index contributed by atoms with van der Waals surface area (Å²) >= 11 is 0. The quantitative estimate of drug-likeness (QED) is 0.778. The zero-order valence-corrected chi connectivity index (χ0v) is 14.9. The fourth-order valence-electron chi connectivity index (χ4n) is 4.06. The highest BCUT2D eigenvalue weighted by Gasteiger charge is 2.40. The molecule has 2 fully saturated rings. The molecule has 0 heterocycles. The Bertz CT molecular complexity index is 588. The summed E-state index contributed by atoms with van der Waals surface area (Å²) in [6.45, 7) is 0.561. The van der Waals surface area contributed by atoms with Crippen LogP contribution < -0.4 is 15.8 Å². The molecular formula is C18H25ClF2N2O2. The minimum Gasteiger partial charge on any atom is -0.492 e. The van der Waals surface area contributed by atoms with Gasteiger partial charge >= 0.3 is 0 Å². The standard InChI is InChI=1S/C18H24F2N2O2.ClH/c19-15-5-4-14(10-16(15)20)24-7-6-22-18(23)13-8-11-2-1-3-12(9-13)17(11)21;/h4-5,10-13,17H,1-3,6-9,21H2,(H,22,23);1H. The second-order valence-electron chi connectivity index (χ2n) is 6.91. The lowest BCUT2D eigenvalue weighted by atomic mass is 9.65. The fourth-order valence-corrected chi connectivity index (χ4v) is 4.06. The van der Waals surface area contributed by atoms with E-state index in [0.717, 1.165) is 37.8 Å². The highest BCUT2D eigenvalue weighted by Crippen LogP contribution is 2.41. The van der Waals surface area contributed by atoms with Crippen LogP contribution in [0.3, 0.4) is 0 Å². The van der Waals surface area contributed by atoms with Crippen molar-refractivity contribution >= 4 is 18.3 Å². The molecule has 3 N–H and O–H groups in total. The molecule has 2 unspecified atom stereocenters. The Hall–Kier alpha value is -1.40. The molecule has 0 spiro atoms. The Morgan fingerprint density at radius 2 is 1.88 bits per heavy atom. The molecule has 1 amide bonds. The molecule has 2 aliphatic carbocycles. The van der Waals surface area contributed by atoms with Gasteiger partial charge in [0.15, 0.2) is 11.6 Å². The van der Waals surface area contributed by atoms with E-state index in [-0.39, 0.29) is 42.6 Å². The highest BCUT2D eigenvalue weighted by molar-refractivity contribution is 5.85. The Balaban J connectivity index is 0.00000225. The van der Waals surface area contributed by atoms with E-state index in [9.17, 15) is 13.6 Å². The van der Waals surface area contributed by atoms with Gasteiger partial charge in [-0.1, -0.05) is 6.42 Å². The maximum absolute atomic E-state index is 13.1. The second-order valence-corrected chi connectivity index (χ2v) is 6.91. The summed E-state index contributed by atoms with van der Waals surface area (Å²) in [5, 5.41) is 2.88. The number of carbonyl (C=O) groups is 1. The molecule has 0 saturated heterocycles. The maximum Gasteiger partial charge on any atom is 0.223 e. The topological polar surface area (TPSA) is 64.4 Å². The normalized spacial score (nSPS) is 28.0. The molecule has 0 aliphatic heterocycles. The lowest BCUT2D eigenvalue weighted by molar-refractivity contribution is -0.128. The summed E-state index contributed by atoms with van der Waals surface area (Å²) in [5.41, 5.74) is 6.25. The molecule has 1 aromatic carbocycles. The van der Waals surface area contributed by atoms with E-state index >= 15 is 0 Å². The maximum atomic E-state index is 13.1. The van der Waals surface area contributed by atoms with Crippen LogP contribution in [0, 0.1) is 29.4 Å². The first-order valence-electron chi connectivity index (χ1n) is 8.65. The van der Waals surface area contributed by atoms with E-state index in [1.54, 1.807) is 0 Å². The average Bonchev–Trinajstić information content (AvgIpc) is 2.54. The van der Waals surface area contributed by atoms with Crippen LogP contribution >= 0.6 is 12.4 Å². The van der Waals surface area contributed by atoms with Crippen LogP contribution in [0.15, 0.2) is 18.2 Å². The van der Waals surface area contributed by atoms with Gasteiger partial charge in [-0.25, -0.2) is 8.78 Å². The molecule has 2 aliphatic rings. The van der Waals surface area contributed by atoms with Crippen molar-refractivity contribution in [3.63, 3.8) is 0 Å². The van der Waals surface area contributed by atoms with Crippen molar-refractivity contribution in [2.75, 3.05) is 13.2 Å². The second kappa shape index (κ2) is 8.81. The molecule has 140 valence electrons. The summed E-state index contributed by atoms with van der Waals surface area (Å²) in [6.07, 6.45) is 5.21. The number of ether oxygens (including phenoxy) is 1. The Morgan fingerprint density at radius 1 is 1.20 bits per heavy atom. The summed E-state index contributed by atoms with van der Waals surface area (Å²) in [4.78, 5) is 12.3. The zero-order valence-electron chi connectivity index (χ0n) is 14.0. The predicted molar refractivity (Wildman–Crippen MR) is 93.6 cm³/mol. The van der Waals surface area contributed by atoms with Crippen molar-refractivity contribution in [1.29, 1.82) is 0 Å². The summed E-state index contributed by atoms with van der Waals surface area (Å²) < 4.78 is 31.2. The van der Waals surface area contributed by atoms with Crippen molar-refractivity contribution in [3.05, 3.63) is 29.8 Å². The molecule has 25 heavy (non-hydrogen) atoms. The van der Waals surface area contributed by atoms with Crippen LogP contribution in [-0.4, -0.2) is 25.1 Å². The molecule has 1 aromatic rings. The van der Waals surface area contributed by atoms with Gasteiger partial charge in [-0.3, -0.25) is 4.79 Å². The molecule has 4 nitrogen and oxygen atoms in total. The molecule has 2 saturated carbocycles. The van der Waals surface area contributed by atoms with Crippen LogP contribution in [0.5, 0.6) is 5.75 Å². The Kier molecular flexibility index (Phi) is 7.02. The lowest BCUT2D eigenvalue weighted by Gasteiger charge is -2.43. The first-order valence-corrected chi connectivity index (χ1v) is 8.65. The SMILES string of the molecule is Cl.NC1C2CCCC1CC(C(=O)NCCOc1ccc(F)c(F)c1)C2. The number of halogens is 3. The van der Waals surface area contributed by atoms with E-state index < -0.39 is 11.6 Å². The van der Waals surface area contributed by atoms with Crippen molar-refractivity contribution in [3.8, 4) is 5.75 Å². The van der Waals surface area contributed by atoms with Crippen LogP contribution in [-0.2, 0) is 4.79 Å². The average molecular weight is 375 g/mol. The third-order valence-electron chi connectivity index (χ3n) is 5.34. The third-order valence-corrected chi connectivity index (χ3v) is 5.34. The predicted octanol–water partition coefficient (Wildman–Crippen LogP) is 3.04. The van der Waals surface area contributed by atoms with Crippen LogP contribution in [0.4, 0.5) is 8.78 Å². The minimum atomic E-state index is -0.943. The van der Waals surface area contributed by atoms with E-state index in [2.05, 4.69) is 5.32 Å². The first-order chi connectivity index (χ1) is 11.5. The summed E-state index contributed by atoms with van der Waals surface area (Å²) in [5.74, 6) is -0.589. The Morgan fingerprint density at radius 3 is 2.52 bits per heavy atom. The number of amides is 1. The Labute approximate surface area is 152 Å². The van der Waals surface area contributed by atoms with E-state index in [1.165, 1.54) is 12.5 Å². The lowest BCUT2D eigenvalue weighted by Crippen LogP contribution is -2.49. The molecular weight excluding hydrogens is 350 g/mol. The fraction of sp³-hybridized carbons (Fsp3) is 0.611. The molecule has 2 atom stereocenters. The number of hydrogen-bond acceptors (Lipinski definition) is 3. The largest absolute Gasteiger partial charge is 0.492 e. The van der Waals surface area contributed by atoms with Crippen LogP contribution in [0.25, 0.3) is 0 Å². The number of nitrogens with two attached hydrogens (primary N) is 1. The smallest absolute Gasteiger partial charge is 0.223 e. The van der Waals surface area contributed by atoms with Gasteiger partial charge in [-0.15, -0.1) is 12.4 Å². The monoisotopic (exact) mass is 374 g/mol. The number of nitrogens with one attached hydrogen (secondary N) is 1. The van der Waals surface area contributed by atoms with Gasteiger partial charge in [-0.2, -0.15) is 0 Å². The molecule has 2 bridgehead atoms. The van der Waals surface area contributed by atoms with Crippen molar-refractivity contribution in [2.24, 2.45) is 23.5 Å². The van der Waals surface area contributed by atoms with Gasteiger partial charge < -0.3 is 15.8 Å². The van der Waals surface area contributed by atoms with Gasteiger partial charge in [-0.05, 0) is 49.7 Å². The minimum absolute atomic E-state index is 0. The van der Waals surface area contributed by atoms with Crippen molar-refractivity contribution < 1.29 is 18.3 Å². The van der Waals surface area contributed by atoms with Gasteiger partial charge in [0, 0.05) is 18.0 Å².